The van der Waals surface area contributed by atoms with E-state index in [1.54, 1.807) is 0 Å². The minimum Gasteiger partial charge on any atom is -0.505 e. The van der Waals surface area contributed by atoms with Gasteiger partial charge in [-0.05, 0) is 0 Å². The van der Waals surface area contributed by atoms with Crippen LogP contribution in [-0.2, 0) is 0 Å². The minimum atomic E-state index is 0.0667. The van der Waals surface area contributed by atoms with E-state index in [-0.39, 0.29) is 5.75 Å². The standard InChI is InChI=1S/C11H8N4O/c16-9-6-12-11-13-10(14-15(11)7-9)8-4-2-1-3-5-8/h1-7,16H. The lowest BCUT2D eigenvalue weighted by atomic mass is 10.2. The Bertz CT molecular complexity index is 633. The molecule has 1 N–H and O–H groups in total. The van der Waals surface area contributed by atoms with Crippen LogP contribution < -0.4 is 0 Å². The predicted molar refractivity (Wildman–Crippen MR) is 57.9 cm³/mol. The van der Waals surface area contributed by atoms with Crippen LogP contribution in [-0.4, -0.2) is 24.7 Å². The summed E-state index contributed by atoms with van der Waals surface area (Å²) in [5, 5.41) is 13.5. The van der Waals surface area contributed by atoms with Crippen molar-refractivity contribution in [2.24, 2.45) is 0 Å². The highest BCUT2D eigenvalue weighted by Crippen LogP contribution is 2.15. The molecule has 0 saturated heterocycles. The molecule has 0 radical (unpaired) electrons. The second-order valence-electron chi connectivity index (χ2n) is 3.36. The lowest BCUT2D eigenvalue weighted by Crippen LogP contribution is -1.88. The molecule has 0 aliphatic carbocycles. The van der Waals surface area contributed by atoms with E-state index in [1.807, 2.05) is 30.3 Å². The maximum atomic E-state index is 9.26. The van der Waals surface area contributed by atoms with E-state index in [9.17, 15) is 5.11 Å². The summed E-state index contributed by atoms with van der Waals surface area (Å²) in [5.74, 6) is 1.13. The molecule has 0 amide bonds. The van der Waals surface area contributed by atoms with Crippen LogP contribution in [0.5, 0.6) is 5.75 Å². The summed E-state index contributed by atoms with van der Waals surface area (Å²) < 4.78 is 1.46. The molecular weight excluding hydrogens is 204 g/mol. The number of rotatable bonds is 1. The van der Waals surface area contributed by atoms with Gasteiger partial charge in [0.1, 0.15) is 0 Å². The average molecular weight is 212 g/mol. The van der Waals surface area contributed by atoms with Gasteiger partial charge in [0.05, 0.1) is 12.4 Å². The summed E-state index contributed by atoms with van der Waals surface area (Å²) in [4.78, 5) is 8.22. The Morgan fingerprint density at radius 2 is 1.94 bits per heavy atom. The molecule has 0 unspecified atom stereocenters. The van der Waals surface area contributed by atoms with Crippen molar-refractivity contribution >= 4 is 5.78 Å². The lowest BCUT2D eigenvalue weighted by Gasteiger charge is -1.91. The molecule has 5 nitrogen and oxygen atoms in total. The van der Waals surface area contributed by atoms with Crippen LogP contribution >= 0.6 is 0 Å². The van der Waals surface area contributed by atoms with Gasteiger partial charge in [-0.2, -0.15) is 4.98 Å². The minimum absolute atomic E-state index is 0.0667. The zero-order chi connectivity index (χ0) is 11.0. The Kier molecular flexibility index (Phi) is 1.83. The fourth-order valence-corrected chi connectivity index (χ4v) is 1.48. The molecule has 1 aromatic carbocycles. The van der Waals surface area contributed by atoms with Crippen molar-refractivity contribution in [1.29, 1.82) is 0 Å². The second-order valence-corrected chi connectivity index (χ2v) is 3.36. The molecule has 0 atom stereocenters. The van der Waals surface area contributed by atoms with Crippen LogP contribution in [0, 0.1) is 0 Å². The number of aromatic hydroxyl groups is 1. The molecule has 3 rings (SSSR count). The molecule has 78 valence electrons. The van der Waals surface area contributed by atoms with Gasteiger partial charge in [-0.25, -0.2) is 9.50 Å². The molecular formula is C11H8N4O. The Labute approximate surface area is 91.0 Å². The largest absolute Gasteiger partial charge is 0.505 e. The summed E-state index contributed by atoms with van der Waals surface area (Å²) in [5.41, 5.74) is 0.924. The first-order valence-corrected chi connectivity index (χ1v) is 4.80. The number of aromatic nitrogens is 4. The molecule has 0 saturated carbocycles. The van der Waals surface area contributed by atoms with Gasteiger partial charge in [0, 0.05) is 5.56 Å². The van der Waals surface area contributed by atoms with Gasteiger partial charge >= 0.3 is 0 Å². The van der Waals surface area contributed by atoms with Gasteiger partial charge in [-0.15, -0.1) is 5.10 Å². The first-order valence-electron chi connectivity index (χ1n) is 4.80. The second kappa shape index (κ2) is 3.30. The third-order valence-corrected chi connectivity index (χ3v) is 2.21. The predicted octanol–water partition coefficient (Wildman–Crippen LogP) is 1.50. The van der Waals surface area contributed by atoms with Crippen molar-refractivity contribution in [3.63, 3.8) is 0 Å². The average Bonchev–Trinajstić information content (AvgIpc) is 2.73. The van der Waals surface area contributed by atoms with Crippen molar-refractivity contribution in [3.8, 4) is 17.1 Å². The van der Waals surface area contributed by atoms with Crippen molar-refractivity contribution < 1.29 is 5.11 Å². The summed E-state index contributed by atoms with van der Waals surface area (Å²) in [6.45, 7) is 0. The molecule has 0 fully saturated rings. The van der Waals surface area contributed by atoms with Crippen LogP contribution in [0.25, 0.3) is 17.2 Å². The van der Waals surface area contributed by atoms with Crippen molar-refractivity contribution in [1.82, 2.24) is 19.6 Å². The zero-order valence-corrected chi connectivity index (χ0v) is 8.28. The molecule has 5 heteroatoms. The molecule has 0 bridgehead atoms. The van der Waals surface area contributed by atoms with Crippen LogP contribution in [0.1, 0.15) is 0 Å². The molecule has 2 heterocycles. The van der Waals surface area contributed by atoms with Crippen LogP contribution in [0.2, 0.25) is 0 Å². The molecule has 0 aliphatic heterocycles. The Morgan fingerprint density at radius 3 is 2.75 bits per heavy atom. The number of nitrogens with zero attached hydrogens (tertiary/aromatic N) is 4. The van der Waals surface area contributed by atoms with E-state index in [4.69, 9.17) is 0 Å². The smallest absolute Gasteiger partial charge is 0.252 e. The Balaban J connectivity index is 2.19. The normalized spacial score (nSPS) is 10.8. The molecule has 2 aromatic heterocycles. The molecule has 0 aliphatic rings. The molecule has 16 heavy (non-hydrogen) atoms. The SMILES string of the molecule is Oc1cnc2nc(-c3ccccc3)nn2c1. The lowest BCUT2D eigenvalue weighted by molar-refractivity contribution is 0.467. The van der Waals surface area contributed by atoms with Gasteiger partial charge in [0.25, 0.3) is 5.78 Å². The van der Waals surface area contributed by atoms with E-state index in [1.165, 1.54) is 16.9 Å². The first-order chi connectivity index (χ1) is 7.83. The number of hydrogen-bond donors (Lipinski definition) is 1. The van der Waals surface area contributed by atoms with Crippen LogP contribution in [0.4, 0.5) is 0 Å². The highest BCUT2D eigenvalue weighted by molar-refractivity contribution is 5.56. The number of benzene rings is 1. The van der Waals surface area contributed by atoms with Gasteiger partial charge in [-0.3, -0.25) is 0 Å². The fraction of sp³-hybridized carbons (Fsp3) is 0. The van der Waals surface area contributed by atoms with E-state index in [2.05, 4.69) is 15.1 Å². The highest BCUT2D eigenvalue weighted by Gasteiger charge is 2.06. The van der Waals surface area contributed by atoms with Crippen LogP contribution in [0.15, 0.2) is 42.7 Å². The van der Waals surface area contributed by atoms with Gasteiger partial charge in [0.2, 0.25) is 0 Å². The molecule has 0 spiro atoms. The maximum Gasteiger partial charge on any atom is 0.252 e. The summed E-state index contributed by atoms with van der Waals surface area (Å²) in [6, 6.07) is 9.63. The van der Waals surface area contributed by atoms with E-state index >= 15 is 0 Å². The highest BCUT2D eigenvalue weighted by atomic mass is 16.3. The Hall–Kier alpha value is -2.43. The van der Waals surface area contributed by atoms with Crippen LogP contribution in [0.3, 0.4) is 0 Å². The van der Waals surface area contributed by atoms with Gasteiger partial charge < -0.3 is 5.11 Å². The van der Waals surface area contributed by atoms with Crippen molar-refractivity contribution in [3.05, 3.63) is 42.7 Å². The van der Waals surface area contributed by atoms with Gasteiger partial charge in [0.15, 0.2) is 11.6 Å². The van der Waals surface area contributed by atoms with E-state index in [0.29, 0.717) is 11.6 Å². The first kappa shape index (κ1) is 8.84. The zero-order valence-electron chi connectivity index (χ0n) is 8.28. The molecule has 3 aromatic rings. The number of fused-ring (bicyclic) bond motifs is 1. The van der Waals surface area contributed by atoms with E-state index < -0.39 is 0 Å². The fourth-order valence-electron chi connectivity index (χ4n) is 1.48. The summed E-state index contributed by atoms with van der Waals surface area (Å²) >= 11 is 0. The van der Waals surface area contributed by atoms with Crippen molar-refractivity contribution in [2.75, 3.05) is 0 Å². The van der Waals surface area contributed by atoms with Crippen molar-refractivity contribution in [2.45, 2.75) is 0 Å². The third-order valence-electron chi connectivity index (χ3n) is 2.21. The summed E-state index contributed by atoms with van der Waals surface area (Å²) in [6.07, 6.45) is 2.82. The van der Waals surface area contributed by atoms with Gasteiger partial charge in [-0.1, -0.05) is 30.3 Å². The maximum absolute atomic E-state index is 9.26. The topological polar surface area (TPSA) is 63.3 Å². The van der Waals surface area contributed by atoms with E-state index in [0.717, 1.165) is 5.56 Å². The quantitative estimate of drug-likeness (QED) is 0.663. The third kappa shape index (κ3) is 1.38. The monoisotopic (exact) mass is 212 g/mol. The summed E-state index contributed by atoms with van der Waals surface area (Å²) in [7, 11) is 0. The number of hydrogen-bond acceptors (Lipinski definition) is 4. The Morgan fingerprint density at radius 1 is 1.12 bits per heavy atom.